The molecule has 0 radical (unpaired) electrons. The second kappa shape index (κ2) is 4.43. The van der Waals surface area contributed by atoms with Crippen molar-refractivity contribution in [3.8, 4) is 0 Å². The molecule has 2 nitrogen and oxygen atoms in total. The predicted molar refractivity (Wildman–Crippen MR) is 55.8 cm³/mol. The minimum atomic E-state index is 0.758. The van der Waals surface area contributed by atoms with E-state index in [-0.39, 0.29) is 0 Å². The largest absolute Gasteiger partial charge is 0.317 e. The van der Waals surface area contributed by atoms with Crippen LogP contribution in [0.15, 0.2) is 0 Å². The summed E-state index contributed by atoms with van der Waals surface area (Å²) in [5, 5.41) is 6.98. The van der Waals surface area contributed by atoms with Gasteiger partial charge in [0.25, 0.3) is 0 Å². The Balaban J connectivity index is 1.83. The zero-order valence-electron chi connectivity index (χ0n) is 8.68. The number of hydrogen-bond acceptors (Lipinski definition) is 2. The van der Waals surface area contributed by atoms with Crippen molar-refractivity contribution < 1.29 is 0 Å². The number of rotatable bonds is 1. The minimum Gasteiger partial charge on any atom is -0.317 e. The van der Waals surface area contributed by atoms with Crippen LogP contribution in [0.1, 0.15) is 32.6 Å². The third-order valence-electron chi connectivity index (χ3n) is 3.71. The monoisotopic (exact) mass is 182 g/mol. The van der Waals surface area contributed by atoms with Crippen LogP contribution < -0.4 is 10.6 Å². The Morgan fingerprint density at radius 3 is 2.31 bits per heavy atom. The molecule has 76 valence electrons. The first-order valence-electron chi connectivity index (χ1n) is 5.80. The molecule has 13 heavy (non-hydrogen) atoms. The molecule has 2 heterocycles. The molecule has 0 aromatic carbocycles. The smallest absolute Gasteiger partial charge is 0.00414 e. The summed E-state index contributed by atoms with van der Waals surface area (Å²) in [6, 6.07) is 0.758. The maximum absolute atomic E-state index is 3.54. The highest BCUT2D eigenvalue weighted by Crippen LogP contribution is 2.30. The molecule has 0 amide bonds. The fraction of sp³-hybridized carbons (Fsp3) is 1.00. The molecule has 0 spiro atoms. The van der Waals surface area contributed by atoms with Crippen molar-refractivity contribution in [1.82, 2.24) is 10.6 Å². The third-order valence-corrected chi connectivity index (χ3v) is 3.71. The third kappa shape index (κ3) is 2.44. The van der Waals surface area contributed by atoms with Crippen molar-refractivity contribution in [2.75, 3.05) is 19.6 Å². The molecule has 0 aromatic rings. The molecule has 0 aliphatic carbocycles. The van der Waals surface area contributed by atoms with E-state index in [9.17, 15) is 0 Å². The van der Waals surface area contributed by atoms with Gasteiger partial charge in [-0.05, 0) is 64.1 Å². The number of piperidine rings is 2. The van der Waals surface area contributed by atoms with E-state index in [2.05, 4.69) is 17.6 Å². The van der Waals surface area contributed by atoms with E-state index < -0.39 is 0 Å². The lowest BCUT2D eigenvalue weighted by Crippen LogP contribution is -2.41. The highest BCUT2D eigenvalue weighted by molar-refractivity contribution is 4.82. The van der Waals surface area contributed by atoms with Gasteiger partial charge < -0.3 is 10.6 Å². The van der Waals surface area contributed by atoms with Gasteiger partial charge in [-0.3, -0.25) is 0 Å². The Kier molecular flexibility index (Phi) is 3.23. The maximum atomic E-state index is 3.54. The summed E-state index contributed by atoms with van der Waals surface area (Å²) < 4.78 is 0. The van der Waals surface area contributed by atoms with E-state index in [0.29, 0.717) is 0 Å². The predicted octanol–water partition coefficient (Wildman–Crippen LogP) is 1.37. The van der Waals surface area contributed by atoms with Crippen LogP contribution in [0.4, 0.5) is 0 Å². The lowest BCUT2D eigenvalue weighted by molar-refractivity contribution is 0.189. The molecule has 2 rings (SSSR count). The summed E-state index contributed by atoms with van der Waals surface area (Å²) in [6.07, 6.45) is 5.65. The summed E-state index contributed by atoms with van der Waals surface area (Å²) in [5.41, 5.74) is 0. The van der Waals surface area contributed by atoms with Gasteiger partial charge in [0.15, 0.2) is 0 Å². The van der Waals surface area contributed by atoms with Crippen molar-refractivity contribution in [2.45, 2.75) is 38.6 Å². The second-order valence-corrected chi connectivity index (χ2v) is 4.73. The summed E-state index contributed by atoms with van der Waals surface area (Å²) in [6.45, 7) is 6.08. The molecule has 2 unspecified atom stereocenters. The summed E-state index contributed by atoms with van der Waals surface area (Å²) >= 11 is 0. The van der Waals surface area contributed by atoms with Crippen LogP contribution in [0.25, 0.3) is 0 Å². The van der Waals surface area contributed by atoms with Crippen molar-refractivity contribution in [2.24, 2.45) is 11.8 Å². The van der Waals surface area contributed by atoms with Gasteiger partial charge in [-0.2, -0.15) is 0 Å². The zero-order chi connectivity index (χ0) is 9.10. The summed E-state index contributed by atoms with van der Waals surface area (Å²) in [4.78, 5) is 0. The molecular formula is C11H22N2. The number of hydrogen-bond donors (Lipinski definition) is 2. The van der Waals surface area contributed by atoms with Crippen LogP contribution in [0.5, 0.6) is 0 Å². The van der Waals surface area contributed by atoms with Gasteiger partial charge in [0.1, 0.15) is 0 Å². The highest BCUT2D eigenvalue weighted by Gasteiger charge is 2.27. The van der Waals surface area contributed by atoms with E-state index in [4.69, 9.17) is 0 Å². The van der Waals surface area contributed by atoms with Crippen LogP contribution in [0.2, 0.25) is 0 Å². The quantitative estimate of drug-likeness (QED) is 0.640. The maximum Gasteiger partial charge on any atom is 0.00414 e. The highest BCUT2D eigenvalue weighted by atomic mass is 14.9. The summed E-state index contributed by atoms with van der Waals surface area (Å²) in [7, 11) is 0. The average Bonchev–Trinajstić information content (AvgIpc) is 2.19. The second-order valence-electron chi connectivity index (χ2n) is 4.73. The van der Waals surface area contributed by atoms with Crippen LogP contribution in [-0.4, -0.2) is 25.7 Å². The molecule has 0 bridgehead atoms. The van der Waals surface area contributed by atoms with E-state index in [1.54, 1.807) is 0 Å². The van der Waals surface area contributed by atoms with E-state index in [0.717, 1.165) is 17.9 Å². The van der Waals surface area contributed by atoms with Gasteiger partial charge in [0.05, 0.1) is 0 Å². The first-order chi connectivity index (χ1) is 6.36. The summed E-state index contributed by atoms with van der Waals surface area (Å²) in [5.74, 6) is 2.03. The Hall–Kier alpha value is -0.0800. The van der Waals surface area contributed by atoms with E-state index >= 15 is 0 Å². The molecular weight excluding hydrogens is 160 g/mol. The van der Waals surface area contributed by atoms with Crippen molar-refractivity contribution >= 4 is 0 Å². The van der Waals surface area contributed by atoms with Gasteiger partial charge in [0, 0.05) is 6.04 Å². The SMILES string of the molecule is CC1CC(C2CCNCC2)CCN1. The standard InChI is InChI=1S/C11H22N2/c1-9-8-11(4-7-13-9)10-2-5-12-6-3-10/h9-13H,2-8H2,1H3. The van der Waals surface area contributed by atoms with Crippen LogP contribution in [0, 0.1) is 11.8 Å². The van der Waals surface area contributed by atoms with Gasteiger partial charge in [-0.25, -0.2) is 0 Å². The molecule has 2 aliphatic rings. The fourth-order valence-corrected chi connectivity index (χ4v) is 2.91. The Morgan fingerprint density at radius 2 is 1.62 bits per heavy atom. The minimum absolute atomic E-state index is 0.758. The van der Waals surface area contributed by atoms with Crippen molar-refractivity contribution in [3.05, 3.63) is 0 Å². The van der Waals surface area contributed by atoms with Crippen molar-refractivity contribution in [3.63, 3.8) is 0 Å². The van der Waals surface area contributed by atoms with Gasteiger partial charge in [-0.1, -0.05) is 0 Å². The van der Waals surface area contributed by atoms with Gasteiger partial charge >= 0.3 is 0 Å². The Bertz CT molecular complexity index is 152. The van der Waals surface area contributed by atoms with Gasteiger partial charge in [0.2, 0.25) is 0 Å². The van der Waals surface area contributed by atoms with Crippen LogP contribution >= 0.6 is 0 Å². The Labute approximate surface area is 81.5 Å². The normalized spacial score (nSPS) is 37.6. The molecule has 0 aromatic heterocycles. The van der Waals surface area contributed by atoms with Crippen LogP contribution in [0.3, 0.4) is 0 Å². The van der Waals surface area contributed by atoms with Gasteiger partial charge in [-0.15, -0.1) is 0 Å². The lowest BCUT2D eigenvalue weighted by atomic mass is 9.78. The first kappa shape index (κ1) is 9.47. The average molecular weight is 182 g/mol. The number of nitrogens with one attached hydrogen (secondary N) is 2. The van der Waals surface area contributed by atoms with E-state index in [1.165, 1.54) is 45.3 Å². The zero-order valence-corrected chi connectivity index (χ0v) is 8.68. The molecule has 2 saturated heterocycles. The lowest BCUT2D eigenvalue weighted by Gasteiger charge is -2.36. The molecule has 2 atom stereocenters. The van der Waals surface area contributed by atoms with E-state index in [1.807, 2.05) is 0 Å². The molecule has 2 aliphatic heterocycles. The molecule has 2 heteroatoms. The Morgan fingerprint density at radius 1 is 0.923 bits per heavy atom. The molecule has 2 N–H and O–H groups in total. The van der Waals surface area contributed by atoms with Crippen molar-refractivity contribution in [1.29, 1.82) is 0 Å². The van der Waals surface area contributed by atoms with Crippen LogP contribution in [-0.2, 0) is 0 Å². The topological polar surface area (TPSA) is 24.1 Å². The fourth-order valence-electron chi connectivity index (χ4n) is 2.91. The first-order valence-corrected chi connectivity index (χ1v) is 5.80. The molecule has 2 fully saturated rings. The molecule has 0 saturated carbocycles.